The first-order valence-corrected chi connectivity index (χ1v) is 5.59. The molecule has 2 N–H and O–H groups in total. The van der Waals surface area contributed by atoms with E-state index in [2.05, 4.69) is 17.5 Å². The van der Waals surface area contributed by atoms with E-state index in [4.69, 9.17) is 5.11 Å². The summed E-state index contributed by atoms with van der Waals surface area (Å²) in [5.41, 5.74) is -0.991. The summed E-state index contributed by atoms with van der Waals surface area (Å²) in [6.45, 7) is 3.13. The molecule has 0 fully saturated rings. The molecule has 4 heteroatoms. The SMILES string of the molecule is CC(C)(CC(=O)NC1CC=CCC1)C(=O)O. The van der Waals surface area contributed by atoms with Crippen LogP contribution in [0.15, 0.2) is 12.2 Å². The first kappa shape index (κ1) is 12.7. The lowest BCUT2D eigenvalue weighted by molar-refractivity contribution is -0.149. The Morgan fingerprint density at radius 3 is 2.62 bits per heavy atom. The number of allylic oxidation sites excluding steroid dienone is 1. The molecule has 16 heavy (non-hydrogen) atoms. The molecule has 1 unspecified atom stereocenters. The van der Waals surface area contributed by atoms with Crippen LogP contribution < -0.4 is 5.32 Å². The number of hydrogen-bond donors (Lipinski definition) is 2. The highest BCUT2D eigenvalue weighted by Crippen LogP contribution is 2.20. The molecule has 0 aromatic heterocycles. The minimum absolute atomic E-state index is 0.0303. The second-order valence-corrected chi connectivity index (χ2v) is 4.91. The molecule has 1 aliphatic carbocycles. The minimum atomic E-state index is -0.991. The molecule has 4 nitrogen and oxygen atoms in total. The van der Waals surface area contributed by atoms with Crippen molar-refractivity contribution in [2.45, 2.75) is 45.6 Å². The summed E-state index contributed by atoms with van der Waals surface area (Å²) >= 11 is 0. The average molecular weight is 225 g/mol. The molecule has 1 rings (SSSR count). The van der Waals surface area contributed by atoms with E-state index in [0.717, 1.165) is 19.3 Å². The van der Waals surface area contributed by atoms with Crippen LogP contribution >= 0.6 is 0 Å². The van der Waals surface area contributed by atoms with Crippen molar-refractivity contribution in [2.24, 2.45) is 5.41 Å². The Kier molecular flexibility index (Phi) is 4.10. The molecular formula is C12H19NO3. The number of hydrogen-bond acceptors (Lipinski definition) is 2. The maximum atomic E-state index is 11.6. The summed E-state index contributed by atoms with van der Waals surface area (Å²) in [5, 5.41) is 11.8. The summed E-state index contributed by atoms with van der Waals surface area (Å²) < 4.78 is 0. The van der Waals surface area contributed by atoms with Crippen molar-refractivity contribution in [1.82, 2.24) is 5.32 Å². The fourth-order valence-electron chi connectivity index (χ4n) is 1.68. The van der Waals surface area contributed by atoms with E-state index in [1.54, 1.807) is 13.8 Å². The van der Waals surface area contributed by atoms with E-state index in [0.29, 0.717) is 0 Å². The highest BCUT2D eigenvalue weighted by molar-refractivity contribution is 5.84. The first-order chi connectivity index (χ1) is 7.42. The molecule has 0 aliphatic heterocycles. The van der Waals surface area contributed by atoms with Gasteiger partial charge in [0.25, 0.3) is 0 Å². The van der Waals surface area contributed by atoms with Crippen LogP contribution in [0, 0.1) is 5.41 Å². The normalized spacial score (nSPS) is 20.5. The topological polar surface area (TPSA) is 66.4 Å². The Bertz CT molecular complexity index is 307. The molecule has 0 heterocycles. The first-order valence-electron chi connectivity index (χ1n) is 5.59. The summed E-state index contributed by atoms with van der Waals surface area (Å²) in [5.74, 6) is -1.11. The predicted molar refractivity (Wildman–Crippen MR) is 61.0 cm³/mol. The quantitative estimate of drug-likeness (QED) is 0.716. The smallest absolute Gasteiger partial charge is 0.309 e. The lowest BCUT2D eigenvalue weighted by Gasteiger charge is -2.23. The number of carbonyl (C=O) groups is 2. The second kappa shape index (κ2) is 5.14. The molecule has 0 bridgehead atoms. The van der Waals surface area contributed by atoms with Crippen LogP contribution in [0.4, 0.5) is 0 Å². The van der Waals surface area contributed by atoms with E-state index in [9.17, 15) is 9.59 Å². The van der Waals surface area contributed by atoms with Gasteiger partial charge in [0.05, 0.1) is 5.41 Å². The number of aliphatic carboxylic acids is 1. The fourth-order valence-corrected chi connectivity index (χ4v) is 1.68. The van der Waals surface area contributed by atoms with Crippen LogP contribution in [-0.2, 0) is 9.59 Å². The van der Waals surface area contributed by atoms with Crippen LogP contribution in [-0.4, -0.2) is 23.0 Å². The molecule has 1 aliphatic rings. The number of amides is 1. The van der Waals surface area contributed by atoms with E-state index >= 15 is 0 Å². The highest BCUT2D eigenvalue weighted by Gasteiger charge is 2.30. The fraction of sp³-hybridized carbons (Fsp3) is 0.667. The van der Waals surface area contributed by atoms with Gasteiger partial charge in [-0.05, 0) is 33.1 Å². The van der Waals surface area contributed by atoms with Crippen molar-refractivity contribution in [1.29, 1.82) is 0 Å². The van der Waals surface area contributed by atoms with Gasteiger partial charge in [0.1, 0.15) is 0 Å². The largest absolute Gasteiger partial charge is 0.481 e. The Morgan fingerprint density at radius 1 is 1.44 bits per heavy atom. The van der Waals surface area contributed by atoms with Crippen LogP contribution in [0.5, 0.6) is 0 Å². The van der Waals surface area contributed by atoms with E-state index in [1.807, 2.05) is 0 Å². The predicted octanol–water partition coefficient (Wildman–Crippen LogP) is 1.71. The van der Waals surface area contributed by atoms with Gasteiger partial charge in [0, 0.05) is 12.5 Å². The van der Waals surface area contributed by atoms with E-state index < -0.39 is 11.4 Å². The van der Waals surface area contributed by atoms with Gasteiger partial charge in [-0.15, -0.1) is 0 Å². The third kappa shape index (κ3) is 3.68. The molecule has 0 radical (unpaired) electrons. The average Bonchev–Trinajstić information content (AvgIpc) is 2.17. The van der Waals surface area contributed by atoms with Crippen molar-refractivity contribution in [3.8, 4) is 0 Å². The molecule has 0 aromatic rings. The van der Waals surface area contributed by atoms with Gasteiger partial charge in [0.15, 0.2) is 0 Å². The maximum Gasteiger partial charge on any atom is 0.309 e. The maximum absolute atomic E-state index is 11.6. The van der Waals surface area contributed by atoms with Gasteiger partial charge in [-0.3, -0.25) is 9.59 Å². The van der Waals surface area contributed by atoms with Crippen LogP contribution in [0.25, 0.3) is 0 Å². The van der Waals surface area contributed by atoms with Crippen molar-refractivity contribution in [3.05, 3.63) is 12.2 Å². The molecule has 0 spiro atoms. The van der Waals surface area contributed by atoms with Gasteiger partial charge < -0.3 is 10.4 Å². The Labute approximate surface area is 95.7 Å². The molecular weight excluding hydrogens is 206 g/mol. The summed E-state index contributed by atoms with van der Waals surface area (Å²) in [6.07, 6.45) is 6.95. The highest BCUT2D eigenvalue weighted by atomic mass is 16.4. The monoisotopic (exact) mass is 225 g/mol. The zero-order chi connectivity index (χ0) is 12.2. The van der Waals surface area contributed by atoms with Gasteiger partial charge in [-0.25, -0.2) is 0 Å². The molecule has 0 saturated heterocycles. The molecule has 1 atom stereocenters. The standard InChI is InChI=1S/C12H19NO3/c1-12(2,11(15)16)8-10(14)13-9-6-4-3-5-7-9/h3-4,9H,5-8H2,1-2H3,(H,13,14)(H,15,16). The lowest BCUT2D eigenvalue weighted by atomic mass is 9.89. The van der Waals surface area contributed by atoms with Gasteiger partial charge in [-0.1, -0.05) is 12.2 Å². The zero-order valence-corrected chi connectivity index (χ0v) is 9.82. The third-order valence-corrected chi connectivity index (χ3v) is 2.82. The second-order valence-electron chi connectivity index (χ2n) is 4.91. The number of carboxylic acids is 1. The molecule has 1 amide bonds. The minimum Gasteiger partial charge on any atom is -0.481 e. The van der Waals surface area contributed by atoms with Crippen LogP contribution in [0.1, 0.15) is 39.5 Å². The Morgan fingerprint density at radius 2 is 2.12 bits per heavy atom. The summed E-state index contributed by atoms with van der Waals surface area (Å²) in [7, 11) is 0. The third-order valence-electron chi connectivity index (χ3n) is 2.82. The van der Waals surface area contributed by atoms with Crippen molar-refractivity contribution in [2.75, 3.05) is 0 Å². The lowest BCUT2D eigenvalue weighted by Crippen LogP contribution is -2.39. The molecule has 0 saturated carbocycles. The van der Waals surface area contributed by atoms with Gasteiger partial charge in [-0.2, -0.15) is 0 Å². The van der Waals surface area contributed by atoms with Gasteiger partial charge >= 0.3 is 5.97 Å². The van der Waals surface area contributed by atoms with E-state index in [-0.39, 0.29) is 18.4 Å². The number of rotatable bonds is 4. The van der Waals surface area contributed by atoms with Crippen LogP contribution in [0.2, 0.25) is 0 Å². The number of carbonyl (C=O) groups excluding carboxylic acids is 1. The van der Waals surface area contributed by atoms with E-state index in [1.165, 1.54) is 0 Å². The Hall–Kier alpha value is -1.32. The molecule has 90 valence electrons. The van der Waals surface area contributed by atoms with Crippen LogP contribution in [0.3, 0.4) is 0 Å². The number of nitrogens with one attached hydrogen (secondary N) is 1. The summed E-state index contributed by atoms with van der Waals surface area (Å²) in [6, 6.07) is 0.169. The van der Waals surface area contributed by atoms with Crippen molar-refractivity contribution >= 4 is 11.9 Å². The Balaban J connectivity index is 2.41. The zero-order valence-electron chi connectivity index (χ0n) is 9.82. The van der Waals surface area contributed by atoms with Gasteiger partial charge in [0.2, 0.25) is 5.91 Å². The summed E-state index contributed by atoms with van der Waals surface area (Å²) in [4.78, 5) is 22.5. The van der Waals surface area contributed by atoms with Crippen molar-refractivity contribution < 1.29 is 14.7 Å². The molecule has 0 aromatic carbocycles. The van der Waals surface area contributed by atoms with Crippen molar-refractivity contribution in [3.63, 3.8) is 0 Å². The number of carboxylic acid groups (broad SMARTS) is 1.